The van der Waals surface area contributed by atoms with Gasteiger partial charge in [0.2, 0.25) is 5.91 Å². The van der Waals surface area contributed by atoms with E-state index >= 15 is 0 Å². The summed E-state index contributed by atoms with van der Waals surface area (Å²) in [6.45, 7) is 6.56. The summed E-state index contributed by atoms with van der Waals surface area (Å²) in [4.78, 5) is 14.2. The average Bonchev–Trinajstić information content (AvgIpc) is 2.36. The molecule has 17 heavy (non-hydrogen) atoms. The topological polar surface area (TPSA) is 20.3 Å². The molecule has 1 aromatic rings. The molecule has 0 bridgehead atoms. The Labute approximate surface area is 109 Å². The predicted molar refractivity (Wildman–Crippen MR) is 73.6 cm³/mol. The second-order valence-electron chi connectivity index (χ2n) is 4.81. The zero-order valence-electron chi connectivity index (χ0n) is 10.7. The maximum Gasteiger partial charge on any atom is 0.233 e. The van der Waals surface area contributed by atoms with Crippen molar-refractivity contribution in [3.8, 4) is 0 Å². The van der Waals surface area contributed by atoms with Crippen molar-refractivity contribution in [1.82, 2.24) is 0 Å². The number of carbonyl (C=O) groups is 1. The van der Waals surface area contributed by atoms with E-state index in [4.69, 9.17) is 11.6 Å². The molecule has 0 aliphatic carbocycles. The Morgan fingerprint density at radius 3 is 2.35 bits per heavy atom. The van der Waals surface area contributed by atoms with E-state index in [1.54, 1.807) is 0 Å². The Hall–Kier alpha value is -1.02. The summed E-state index contributed by atoms with van der Waals surface area (Å²) in [5.74, 6) is 0.416. The van der Waals surface area contributed by atoms with Gasteiger partial charge in [-0.3, -0.25) is 4.79 Å². The van der Waals surface area contributed by atoms with Crippen molar-refractivity contribution in [3.63, 3.8) is 0 Å². The fourth-order valence-corrected chi connectivity index (χ4v) is 1.72. The Bertz CT molecular complexity index is 362. The molecule has 0 radical (unpaired) electrons. The van der Waals surface area contributed by atoms with E-state index in [0.717, 1.165) is 18.7 Å². The molecule has 3 heteroatoms. The zero-order chi connectivity index (χ0) is 12.9. The van der Waals surface area contributed by atoms with E-state index in [0.29, 0.717) is 5.88 Å². The zero-order valence-corrected chi connectivity index (χ0v) is 11.5. The molecule has 94 valence electrons. The lowest BCUT2D eigenvalue weighted by Gasteiger charge is -2.30. The Balaban J connectivity index is 2.98. The SMILES string of the molecule is CCCN(C(=O)C(C)(C)CCl)c1ccccc1. The number of carbonyl (C=O) groups excluding carboxylic acids is 1. The molecular formula is C14H20ClNO. The molecule has 2 nitrogen and oxygen atoms in total. The minimum absolute atomic E-state index is 0.0838. The Morgan fingerprint density at radius 2 is 1.88 bits per heavy atom. The molecule has 0 aliphatic heterocycles. The van der Waals surface area contributed by atoms with E-state index in [9.17, 15) is 4.79 Å². The fraction of sp³-hybridized carbons (Fsp3) is 0.500. The molecule has 0 aromatic heterocycles. The molecule has 0 heterocycles. The highest BCUT2D eigenvalue weighted by molar-refractivity contribution is 6.20. The van der Waals surface area contributed by atoms with Crippen LogP contribution in [0.2, 0.25) is 0 Å². The van der Waals surface area contributed by atoms with Gasteiger partial charge < -0.3 is 4.90 Å². The van der Waals surface area contributed by atoms with E-state index in [1.165, 1.54) is 0 Å². The number of para-hydroxylation sites is 1. The summed E-state index contributed by atoms with van der Waals surface area (Å²) in [7, 11) is 0. The molecule has 0 unspecified atom stereocenters. The Kier molecular flexibility index (Phi) is 5.01. The van der Waals surface area contributed by atoms with Gasteiger partial charge in [-0.2, -0.15) is 0 Å². The van der Waals surface area contributed by atoms with Gasteiger partial charge in [0.25, 0.3) is 0 Å². The molecule has 1 rings (SSSR count). The van der Waals surface area contributed by atoms with Crippen molar-refractivity contribution in [2.24, 2.45) is 5.41 Å². The monoisotopic (exact) mass is 253 g/mol. The maximum atomic E-state index is 12.4. The quantitative estimate of drug-likeness (QED) is 0.733. The van der Waals surface area contributed by atoms with Crippen molar-refractivity contribution in [2.45, 2.75) is 27.2 Å². The molecule has 1 amide bonds. The highest BCUT2D eigenvalue weighted by atomic mass is 35.5. The molecule has 0 N–H and O–H groups in total. The number of halogens is 1. The first-order valence-electron chi connectivity index (χ1n) is 5.96. The van der Waals surface area contributed by atoms with Crippen LogP contribution in [0.4, 0.5) is 5.69 Å². The van der Waals surface area contributed by atoms with Crippen LogP contribution in [-0.2, 0) is 4.79 Å². The highest BCUT2D eigenvalue weighted by Crippen LogP contribution is 2.25. The van der Waals surface area contributed by atoms with E-state index < -0.39 is 5.41 Å². The first kappa shape index (κ1) is 14.0. The minimum atomic E-state index is -0.521. The first-order valence-corrected chi connectivity index (χ1v) is 6.49. The molecule has 0 saturated carbocycles. The summed E-state index contributed by atoms with van der Waals surface area (Å²) in [5.41, 5.74) is 0.421. The number of hydrogen-bond donors (Lipinski definition) is 0. The van der Waals surface area contributed by atoms with Crippen LogP contribution >= 0.6 is 11.6 Å². The third kappa shape index (κ3) is 3.47. The van der Waals surface area contributed by atoms with Crippen LogP contribution in [0.15, 0.2) is 30.3 Å². The number of hydrogen-bond acceptors (Lipinski definition) is 1. The number of alkyl halides is 1. The van der Waals surface area contributed by atoms with E-state index in [1.807, 2.05) is 49.1 Å². The summed E-state index contributed by atoms with van der Waals surface area (Å²) >= 11 is 5.87. The molecule has 1 aromatic carbocycles. The number of benzene rings is 1. The smallest absolute Gasteiger partial charge is 0.233 e. The molecular weight excluding hydrogens is 234 g/mol. The fourth-order valence-electron chi connectivity index (χ4n) is 1.60. The van der Waals surface area contributed by atoms with Gasteiger partial charge in [0, 0.05) is 18.1 Å². The lowest BCUT2D eigenvalue weighted by molar-refractivity contribution is -0.125. The normalized spacial score (nSPS) is 11.3. The maximum absolute atomic E-state index is 12.4. The predicted octanol–water partition coefficient (Wildman–Crippen LogP) is 3.69. The van der Waals surface area contributed by atoms with Crippen LogP contribution in [0.1, 0.15) is 27.2 Å². The van der Waals surface area contributed by atoms with Crippen molar-refractivity contribution < 1.29 is 4.79 Å². The summed E-state index contributed by atoms with van der Waals surface area (Å²) in [6, 6.07) is 9.75. The second kappa shape index (κ2) is 6.06. The number of rotatable bonds is 5. The van der Waals surface area contributed by atoms with Crippen LogP contribution in [0.3, 0.4) is 0 Å². The largest absolute Gasteiger partial charge is 0.312 e. The number of amides is 1. The van der Waals surface area contributed by atoms with Crippen molar-refractivity contribution in [2.75, 3.05) is 17.3 Å². The summed E-state index contributed by atoms with van der Waals surface area (Å²) in [6.07, 6.45) is 0.930. The van der Waals surface area contributed by atoms with Crippen molar-refractivity contribution in [1.29, 1.82) is 0 Å². The van der Waals surface area contributed by atoms with Gasteiger partial charge in [-0.25, -0.2) is 0 Å². The van der Waals surface area contributed by atoms with Crippen LogP contribution in [-0.4, -0.2) is 18.3 Å². The minimum Gasteiger partial charge on any atom is -0.312 e. The third-order valence-corrected chi connectivity index (χ3v) is 3.34. The van der Waals surface area contributed by atoms with Gasteiger partial charge in [-0.1, -0.05) is 25.1 Å². The standard InChI is InChI=1S/C14H20ClNO/c1-4-10-16(12-8-6-5-7-9-12)13(17)14(2,3)11-15/h5-9H,4,10-11H2,1-3H3. The second-order valence-corrected chi connectivity index (χ2v) is 5.08. The van der Waals surface area contributed by atoms with Crippen LogP contribution in [0.25, 0.3) is 0 Å². The lowest BCUT2D eigenvalue weighted by Crippen LogP contribution is -2.42. The number of anilines is 1. The van der Waals surface area contributed by atoms with Crippen molar-refractivity contribution >= 4 is 23.2 Å². The summed E-state index contributed by atoms with van der Waals surface area (Å²) < 4.78 is 0. The van der Waals surface area contributed by atoms with Gasteiger partial charge in [0.05, 0.1) is 5.41 Å². The third-order valence-electron chi connectivity index (χ3n) is 2.67. The molecule has 0 aliphatic rings. The molecule has 0 atom stereocenters. The molecule has 0 spiro atoms. The van der Waals surface area contributed by atoms with E-state index in [-0.39, 0.29) is 5.91 Å². The number of nitrogens with zero attached hydrogens (tertiary/aromatic N) is 1. The Morgan fingerprint density at radius 1 is 1.29 bits per heavy atom. The van der Waals surface area contributed by atoms with Crippen LogP contribution < -0.4 is 4.90 Å². The van der Waals surface area contributed by atoms with E-state index in [2.05, 4.69) is 6.92 Å². The average molecular weight is 254 g/mol. The molecule has 0 fully saturated rings. The molecule has 0 saturated heterocycles. The van der Waals surface area contributed by atoms with Gasteiger partial charge >= 0.3 is 0 Å². The highest BCUT2D eigenvalue weighted by Gasteiger charge is 2.31. The van der Waals surface area contributed by atoms with Crippen molar-refractivity contribution in [3.05, 3.63) is 30.3 Å². The van der Waals surface area contributed by atoms with Gasteiger partial charge in [-0.05, 0) is 32.4 Å². The summed E-state index contributed by atoms with van der Waals surface area (Å²) in [5, 5.41) is 0. The van der Waals surface area contributed by atoms with Gasteiger partial charge in [0.15, 0.2) is 0 Å². The van der Waals surface area contributed by atoms with Gasteiger partial charge in [0.1, 0.15) is 0 Å². The first-order chi connectivity index (χ1) is 8.03. The van der Waals surface area contributed by atoms with Crippen LogP contribution in [0, 0.1) is 5.41 Å². The van der Waals surface area contributed by atoms with Crippen LogP contribution in [0.5, 0.6) is 0 Å². The van der Waals surface area contributed by atoms with Gasteiger partial charge in [-0.15, -0.1) is 11.6 Å². The lowest BCUT2D eigenvalue weighted by atomic mass is 9.94.